The van der Waals surface area contributed by atoms with Gasteiger partial charge >= 0.3 is 0 Å². The summed E-state index contributed by atoms with van der Waals surface area (Å²) in [5, 5.41) is 0. The summed E-state index contributed by atoms with van der Waals surface area (Å²) >= 11 is 0. The summed E-state index contributed by atoms with van der Waals surface area (Å²) in [4.78, 5) is 3.88. The van der Waals surface area contributed by atoms with Gasteiger partial charge in [0.05, 0.1) is 18.5 Å². The van der Waals surface area contributed by atoms with Crippen LogP contribution in [0.5, 0.6) is 5.75 Å². The van der Waals surface area contributed by atoms with E-state index in [1.807, 2.05) is 6.92 Å². The van der Waals surface area contributed by atoms with Gasteiger partial charge in [0, 0.05) is 6.07 Å². The van der Waals surface area contributed by atoms with Gasteiger partial charge in [-0.05, 0) is 25.7 Å². The van der Waals surface area contributed by atoms with E-state index in [4.69, 9.17) is 4.74 Å². The summed E-state index contributed by atoms with van der Waals surface area (Å²) in [7, 11) is 0. The van der Waals surface area contributed by atoms with Crippen LogP contribution in [-0.2, 0) is 0 Å². The van der Waals surface area contributed by atoms with Crippen molar-refractivity contribution >= 4 is 0 Å². The normalized spacial score (nSPS) is 15.8. The smallest absolute Gasteiger partial charge is 0.145 e. The molecule has 1 heterocycles. The Balaban J connectivity index is 2.03. The molecule has 1 aliphatic carbocycles. The molecule has 13 heavy (non-hydrogen) atoms. The number of aromatic nitrogens is 1. The Hall–Kier alpha value is -1.12. The molecule has 1 fully saturated rings. The van der Waals surface area contributed by atoms with Gasteiger partial charge in [0.15, 0.2) is 0 Å². The SMILES string of the molecule is Cc1ncc(F)cc1OCC1CC1. The number of nitrogens with zero attached hydrogens (tertiary/aromatic N) is 1. The average molecular weight is 181 g/mol. The second-order valence-electron chi connectivity index (χ2n) is 3.49. The van der Waals surface area contributed by atoms with E-state index in [9.17, 15) is 4.39 Å². The minimum absolute atomic E-state index is 0.337. The third kappa shape index (κ3) is 2.17. The van der Waals surface area contributed by atoms with Gasteiger partial charge in [0.1, 0.15) is 11.6 Å². The molecule has 70 valence electrons. The molecule has 0 spiro atoms. The highest BCUT2D eigenvalue weighted by atomic mass is 19.1. The van der Waals surface area contributed by atoms with Crippen molar-refractivity contribution in [3.8, 4) is 5.75 Å². The van der Waals surface area contributed by atoms with Crippen LogP contribution in [0.3, 0.4) is 0 Å². The molecule has 2 rings (SSSR count). The topological polar surface area (TPSA) is 22.1 Å². The molecule has 0 aliphatic heterocycles. The Kier molecular flexibility index (Phi) is 2.17. The van der Waals surface area contributed by atoms with E-state index < -0.39 is 0 Å². The van der Waals surface area contributed by atoms with Gasteiger partial charge in [-0.1, -0.05) is 0 Å². The molecule has 1 aliphatic rings. The highest BCUT2D eigenvalue weighted by Gasteiger charge is 2.22. The predicted molar refractivity (Wildman–Crippen MR) is 47.2 cm³/mol. The summed E-state index contributed by atoms with van der Waals surface area (Å²) in [6.07, 6.45) is 3.68. The summed E-state index contributed by atoms with van der Waals surface area (Å²) in [6, 6.07) is 1.39. The molecule has 0 aromatic carbocycles. The molecule has 0 saturated heterocycles. The fourth-order valence-electron chi connectivity index (χ4n) is 1.13. The number of ether oxygens (including phenoxy) is 1. The Morgan fingerprint density at radius 3 is 3.08 bits per heavy atom. The summed E-state index contributed by atoms with van der Waals surface area (Å²) in [5.74, 6) is 0.922. The van der Waals surface area contributed by atoms with Crippen LogP contribution in [0, 0.1) is 18.7 Å². The lowest BCUT2D eigenvalue weighted by Gasteiger charge is -2.06. The lowest BCUT2D eigenvalue weighted by molar-refractivity contribution is 0.294. The van der Waals surface area contributed by atoms with Crippen molar-refractivity contribution in [2.75, 3.05) is 6.61 Å². The summed E-state index contributed by atoms with van der Waals surface area (Å²) in [5.41, 5.74) is 0.752. The standard InChI is InChI=1S/C10H12FNO/c1-7-10(4-9(11)5-12-7)13-6-8-2-3-8/h4-5,8H,2-3,6H2,1H3. The maximum Gasteiger partial charge on any atom is 0.145 e. The molecule has 1 aromatic heterocycles. The predicted octanol–water partition coefficient (Wildman–Crippen LogP) is 2.32. The molecular formula is C10H12FNO. The number of rotatable bonds is 3. The first-order valence-corrected chi connectivity index (χ1v) is 4.50. The van der Waals surface area contributed by atoms with E-state index in [0.717, 1.165) is 5.69 Å². The monoisotopic (exact) mass is 181 g/mol. The first-order valence-electron chi connectivity index (χ1n) is 4.50. The van der Waals surface area contributed by atoms with Gasteiger partial charge in [-0.15, -0.1) is 0 Å². The van der Waals surface area contributed by atoms with Crippen molar-refractivity contribution in [3.63, 3.8) is 0 Å². The zero-order valence-electron chi connectivity index (χ0n) is 7.59. The minimum Gasteiger partial charge on any atom is -0.491 e. The Morgan fingerprint density at radius 1 is 1.62 bits per heavy atom. The van der Waals surface area contributed by atoms with Gasteiger partial charge in [0.25, 0.3) is 0 Å². The van der Waals surface area contributed by atoms with E-state index in [1.54, 1.807) is 0 Å². The van der Waals surface area contributed by atoms with Crippen LogP contribution in [0.4, 0.5) is 4.39 Å². The largest absolute Gasteiger partial charge is 0.491 e. The highest BCUT2D eigenvalue weighted by Crippen LogP contribution is 2.30. The van der Waals surface area contributed by atoms with E-state index in [-0.39, 0.29) is 5.82 Å². The number of aryl methyl sites for hydroxylation is 1. The maximum atomic E-state index is 12.7. The maximum absolute atomic E-state index is 12.7. The van der Waals surface area contributed by atoms with E-state index in [2.05, 4.69) is 4.98 Å². The first-order chi connectivity index (χ1) is 6.25. The summed E-state index contributed by atoms with van der Waals surface area (Å²) in [6.45, 7) is 2.52. The van der Waals surface area contributed by atoms with Crippen LogP contribution in [0.1, 0.15) is 18.5 Å². The molecule has 2 nitrogen and oxygen atoms in total. The van der Waals surface area contributed by atoms with Crippen LogP contribution in [-0.4, -0.2) is 11.6 Å². The van der Waals surface area contributed by atoms with Crippen molar-refractivity contribution in [1.29, 1.82) is 0 Å². The highest BCUT2D eigenvalue weighted by molar-refractivity contribution is 5.26. The van der Waals surface area contributed by atoms with Crippen molar-refractivity contribution in [1.82, 2.24) is 4.98 Å². The third-order valence-electron chi connectivity index (χ3n) is 2.18. The second-order valence-corrected chi connectivity index (χ2v) is 3.49. The fourth-order valence-corrected chi connectivity index (χ4v) is 1.13. The Labute approximate surface area is 76.7 Å². The van der Waals surface area contributed by atoms with Gasteiger partial charge < -0.3 is 4.74 Å². The average Bonchev–Trinajstić information content (AvgIpc) is 2.90. The van der Waals surface area contributed by atoms with Crippen molar-refractivity contribution in [2.45, 2.75) is 19.8 Å². The molecule has 3 heteroatoms. The molecule has 0 amide bonds. The molecule has 0 unspecified atom stereocenters. The number of pyridine rings is 1. The van der Waals surface area contributed by atoms with E-state index in [0.29, 0.717) is 18.3 Å². The Morgan fingerprint density at radius 2 is 2.38 bits per heavy atom. The molecule has 0 atom stereocenters. The van der Waals surface area contributed by atoms with E-state index in [1.165, 1.54) is 25.1 Å². The second kappa shape index (κ2) is 3.32. The fraction of sp³-hybridized carbons (Fsp3) is 0.500. The zero-order chi connectivity index (χ0) is 9.26. The van der Waals surface area contributed by atoms with Crippen molar-refractivity contribution in [3.05, 3.63) is 23.8 Å². The summed E-state index contributed by atoms with van der Waals surface area (Å²) < 4.78 is 18.2. The lowest BCUT2D eigenvalue weighted by Crippen LogP contribution is -2.01. The van der Waals surface area contributed by atoms with Gasteiger partial charge in [-0.3, -0.25) is 4.98 Å². The van der Waals surface area contributed by atoms with Gasteiger partial charge in [0.2, 0.25) is 0 Å². The van der Waals surface area contributed by atoms with Crippen LogP contribution in [0.25, 0.3) is 0 Å². The van der Waals surface area contributed by atoms with Crippen molar-refractivity contribution in [2.24, 2.45) is 5.92 Å². The molecule has 1 aromatic rings. The number of hydrogen-bond donors (Lipinski definition) is 0. The minimum atomic E-state index is -0.337. The third-order valence-corrected chi connectivity index (χ3v) is 2.18. The molecular weight excluding hydrogens is 169 g/mol. The molecule has 0 bridgehead atoms. The molecule has 0 N–H and O–H groups in total. The molecule has 0 radical (unpaired) electrons. The van der Waals surface area contributed by atoms with Crippen LogP contribution >= 0.6 is 0 Å². The lowest BCUT2D eigenvalue weighted by atomic mass is 10.3. The number of hydrogen-bond acceptors (Lipinski definition) is 2. The zero-order valence-corrected chi connectivity index (χ0v) is 7.59. The van der Waals surface area contributed by atoms with Crippen LogP contribution < -0.4 is 4.74 Å². The van der Waals surface area contributed by atoms with Crippen molar-refractivity contribution < 1.29 is 9.13 Å². The Bertz CT molecular complexity index is 310. The molecule has 1 saturated carbocycles. The number of halogens is 1. The van der Waals surface area contributed by atoms with Crippen LogP contribution in [0.2, 0.25) is 0 Å². The van der Waals surface area contributed by atoms with Crippen LogP contribution in [0.15, 0.2) is 12.3 Å². The first kappa shape index (κ1) is 8.48. The quantitative estimate of drug-likeness (QED) is 0.713. The van der Waals surface area contributed by atoms with Gasteiger partial charge in [-0.2, -0.15) is 0 Å². The van der Waals surface area contributed by atoms with Gasteiger partial charge in [-0.25, -0.2) is 4.39 Å². The van der Waals surface area contributed by atoms with E-state index >= 15 is 0 Å².